The van der Waals surface area contributed by atoms with Crippen LogP contribution in [0.15, 0.2) is 30.5 Å². The molecule has 0 saturated heterocycles. The van der Waals surface area contributed by atoms with E-state index >= 15 is 0 Å². The maximum Gasteiger partial charge on any atom is 0.123 e. The van der Waals surface area contributed by atoms with Crippen molar-refractivity contribution in [2.45, 2.75) is 12.5 Å². The third-order valence-electron chi connectivity index (χ3n) is 2.71. The Morgan fingerprint density at radius 2 is 2.18 bits per heavy atom. The van der Waals surface area contributed by atoms with Gasteiger partial charge < -0.3 is 9.84 Å². The maximum atomic E-state index is 13.2. The minimum absolute atomic E-state index is 0.141. The van der Waals surface area contributed by atoms with Crippen molar-refractivity contribution in [2.75, 3.05) is 13.7 Å². The first-order valence-electron chi connectivity index (χ1n) is 5.30. The standard InChI is InChI=1S/C13H14FNO2/c1-13(16,8-17-2)11-5-6-15-12-4-3-9(14)7-10(11)12/h3-7,16H,8H2,1-2H3. The number of benzene rings is 1. The average molecular weight is 235 g/mol. The normalized spacial score (nSPS) is 14.8. The SMILES string of the molecule is COCC(C)(O)c1ccnc2ccc(F)cc12. The van der Waals surface area contributed by atoms with Gasteiger partial charge in [-0.3, -0.25) is 4.98 Å². The van der Waals surface area contributed by atoms with Crippen molar-refractivity contribution in [1.29, 1.82) is 0 Å². The van der Waals surface area contributed by atoms with E-state index in [9.17, 15) is 9.50 Å². The Hall–Kier alpha value is -1.52. The number of halogens is 1. The molecule has 0 aliphatic heterocycles. The Labute approximate surface area is 98.9 Å². The highest BCUT2D eigenvalue weighted by atomic mass is 19.1. The number of aliphatic hydroxyl groups is 1. The van der Waals surface area contributed by atoms with Gasteiger partial charge in [0.15, 0.2) is 0 Å². The van der Waals surface area contributed by atoms with Gasteiger partial charge in [-0.15, -0.1) is 0 Å². The molecule has 0 bridgehead atoms. The lowest BCUT2D eigenvalue weighted by molar-refractivity contribution is -0.0197. The lowest BCUT2D eigenvalue weighted by Crippen LogP contribution is -2.27. The van der Waals surface area contributed by atoms with Crippen molar-refractivity contribution < 1.29 is 14.2 Å². The largest absolute Gasteiger partial charge is 0.383 e. The van der Waals surface area contributed by atoms with Crippen molar-refractivity contribution in [2.24, 2.45) is 0 Å². The van der Waals surface area contributed by atoms with Crippen LogP contribution in [0.25, 0.3) is 10.9 Å². The summed E-state index contributed by atoms with van der Waals surface area (Å²) in [7, 11) is 1.51. The van der Waals surface area contributed by atoms with Gasteiger partial charge in [0.05, 0.1) is 12.1 Å². The van der Waals surface area contributed by atoms with Crippen LogP contribution in [0.5, 0.6) is 0 Å². The Kier molecular flexibility index (Phi) is 3.09. The Morgan fingerprint density at radius 1 is 1.41 bits per heavy atom. The first-order chi connectivity index (χ1) is 8.04. The van der Waals surface area contributed by atoms with E-state index in [0.29, 0.717) is 16.5 Å². The second kappa shape index (κ2) is 4.39. The molecule has 0 aliphatic carbocycles. The van der Waals surface area contributed by atoms with Crippen molar-refractivity contribution >= 4 is 10.9 Å². The van der Waals surface area contributed by atoms with Gasteiger partial charge in [-0.1, -0.05) is 0 Å². The van der Waals surface area contributed by atoms with Gasteiger partial charge in [0.25, 0.3) is 0 Å². The second-order valence-electron chi connectivity index (χ2n) is 4.23. The van der Waals surface area contributed by atoms with Gasteiger partial charge in [-0.2, -0.15) is 0 Å². The Bertz CT molecular complexity index is 540. The van der Waals surface area contributed by atoms with E-state index in [1.54, 1.807) is 25.3 Å². The number of fused-ring (bicyclic) bond motifs is 1. The van der Waals surface area contributed by atoms with Crippen molar-refractivity contribution in [3.8, 4) is 0 Å². The van der Waals surface area contributed by atoms with Crippen LogP contribution < -0.4 is 0 Å². The molecular formula is C13H14FNO2. The number of ether oxygens (including phenoxy) is 1. The van der Waals surface area contributed by atoms with Crippen molar-refractivity contribution in [1.82, 2.24) is 4.98 Å². The minimum Gasteiger partial charge on any atom is -0.383 e. The van der Waals surface area contributed by atoms with Crippen LogP contribution in [0, 0.1) is 5.82 Å². The van der Waals surface area contributed by atoms with Crippen LogP contribution in [0.2, 0.25) is 0 Å². The molecule has 4 heteroatoms. The Balaban J connectivity index is 2.64. The summed E-state index contributed by atoms with van der Waals surface area (Å²) in [6, 6.07) is 6.00. The molecule has 0 saturated carbocycles. The number of aromatic nitrogens is 1. The lowest BCUT2D eigenvalue weighted by atomic mass is 9.93. The monoisotopic (exact) mass is 235 g/mol. The molecule has 1 heterocycles. The summed E-state index contributed by atoms with van der Waals surface area (Å²) >= 11 is 0. The van der Waals surface area contributed by atoms with E-state index < -0.39 is 5.60 Å². The van der Waals surface area contributed by atoms with E-state index in [4.69, 9.17) is 4.74 Å². The second-order valence-corrected chi connectivity index (χ2v) is 4.23. The molecule has 1 aromatic carbocycles. The maximum absolute atomic E-state index is 13.2. The molecule has 0 amide bonds. The summed E-state index contributed by atoms with van der Waals surface area (Å²) < 4.78 is 18.2. The molecule has 3 nitrogen and oxygen atoms in total. The number of rotatable bonds is 3. The summed E-state index contributed by atoms with van der Waals surface area (Å²) in [6.07, 6.45) is 1.60. The number of methoxy groups -OCH3 is 1. The van der Waals surface area contributed by atoms with Gasteiger partial charge >= 0.3 is 0 Å². The van der Waals surface area contributed by atoms with Crippen LogP contribution in [0.4, 0.5) is 4.39 Å². The number of hydrogen-bond acceptors (Lipinski definition) is 3. The van der Waals surface area contributed by atoms with E-state index in [2.05, 4.69) is 4.98 Å². The van der Waals surface area contributed by atoms with Gasteiger partial charge in [-0.05, 0) is 36.8 Å². The molecule has 1 atom stereocenters. The van der Waals surface area contributed by atoms with Crippen molar-refractivity contribution in [3.05, 3.63) is 41.8 Å². The van der Waals surface area contributed by atoms with Crippen molar-refractivity contribution in [3.63, 3.8) is 0 Å². The molecule has 1 aromatic heterocycles. The molecule has 0 aliphatic rings. The van der Waals surface area contributed by atoms with Gasteiger partial charge in [0.1, 0.15) is 11.4 Å². The Morgan fingerprint density at radius 3 is 2.88 bits per heavy atom. The summed E-state index contributed by atoms with van der Waals surface area (Å²) in [6.45, 7) is 1.78. The fourth-order valence-corrected chi connectivity index (χ4v) is 1.95. The molecule has 1 N–H and O–H groups in total. The fourth-order valence-electron chi connectivity index (χ4n) is 1.95. The van der Waals surface area contributed by atoms with Crippen LogP contribution in [0.3, 0.4) is 0 Å². The zero-order valence-electron chi connectivity index (χ0n) is 9.77. The third-order valence-corrected chi connectivity index (χ3v) is 2.71. The third kappa shape index (κ3) is 2.28. The molecule has 1 unspecified atom stereocenters. The average Bonchev–Trinajstić information content (AvgIpc) is 2.28. The van der Waals surface area contributed by atoms with E-state index in [-0.39, 0.29) is 12.4 Å². The van der Waals surface area contributed by atoms with Crippen LogP contribution in [0.1, 0.15) is 12.5 Å². The van der Waals surface area contributed by atoms with Crippen LogP contribution in [-0.2, 0) is 10.3 Å². The summed E-state index contributed by atoms with van der Waals surface area (Å²) in [5.74, 6) is -0.347. The van der Waals surface area contributed by atoms with Gasteiger partial charge in [-0.25, -0.2) is 4.39 Å². The topological polar surface area (TPSA) is 42.4 Å². The molecule has 0 spiro atoms. The smallest absolute Gasteiger partial charge is 0.123 e. The van der Waals surface area contributed by atoms with Gasteiger partial charge in [0, 0.05) is 18.7 Å². The van der Waals surface area contributed by atoms with Crippen LogP contribution in [-0.4, -0.2) is 23.8 Å². The predicted octanol–water partition coefficient (Wildman–Crippen LogP) is 2.23. The highest BCUT2D eigenvalue weighted by Crippen LogP contribution is 2.28. The van der Waals surface area contributed by atoms with Gasteiger partial charge in [0.2, 0.25) is 0 Å². The first kappa shape index (κ1) is 12.0. The molecule has 0 fully saturated rings. The fraction of sp³-hybridized carbons (Fsp3) is 0.308. The zero-order chi connectivity index (χ0) is 12.5. The quantitative estimate of drug-likeness (QED) is 0.887. The summed E-state index contributed by atoms with van der Waals surface area (Å²) in [5, 5.41) is 10.9. The lowest BCUT2D eigenvalue weighted by Gasteiger charge is -2.24. The minimum atomic E-state index is -1.16. The highest BCUT2D eigenvalue weighted by molar-refractivity contribution is 5.82. The zero-order valence-corrected chi connectivity index (χ0v) is 9.77. The summed E-state index contributed by atoms with van der Waals surface area (Å²) in [4.78, 5) is 4.14. The molecule has 2 aromatic rings. The highest BCUT2D eigenvalue weighted by Gasteiger charge is 2.25. The molecule has 17 heavy (non-hydrogen) atoms. The molecule has 2 rings (SSSR count). The number of nitrogens with zero attached hydrogens (tertiary/aromatic N) is 1. The van der Waals surface area contributed by atoms with E-state index in [1.807, 2.05) is 0 Å². The molecule has 90 valence electrons. The molecule has 0 radical (unpaired) electrons. The summed E-state index contributed by atoms with van der Waals surface area (Å²) in [5.41, 5.74) is 0.105. The van der Waals surface area contributed by atoms with Crippen LogP contribution >= 0.6 is 0 Å². The number of pyridine rings is 1. The first-order valence-corrected chi connectivity index (χ1v) is 5.30. The van der Waals surface area contributed by atoms with E-state index in [1.165, 1.54) is 19.2 Å². The molecular weight excluding hydrogens is 221 g/mol. The predicted molar refractivity (Wildman–Crippen MR) is 63.1 cm³/mol. The number of hydrogen-bond donors (Lipinski definition) is 1. The van der Waals surface area contributed by atoms with E-state index in [0.717, 1.165) is 0 Å².